The van der Waals surface area contributed by atoms with Crippen LogP contribution in [0.4, 0.5) is 11.4 Å². The number of ether oxygens (including phenoxy) is 1. The van der Waals surface area contributed by atoms with Crippen LogP contribution in [-0.4, -0.2) is 31.6 Å². The molecule has 3 aromatic rings. The highest BCUT2D eigenvalue weighted by molar-refractivity contribution is 6.37. The van der Waals surface area contributed by atoms with Gasteiger partial charge in [-0.3, -0.25) is 4.79 Å². The van der Waals surface area contributed by atoms with Gasteiger partial charge in [0.25, 0.3) is 5.91 Å². The molecular weight excluding hydrogens is 426 g/mol. The largest absolute Gasteiger partial charge is 0.462 e. The maximum Gasteiger partial charge on any atom is 0.338 e. The van der Waals surface area contributed by atoms with Gasteiger partial charge in [-0.1, -0.05) is 55.5 Å². The summed E-state index contributed by atoms with van der Waals surface area (Å²) in [4.78, 5) is 25.3. The van der Waals surface area contributed by atoms with Gasteiger partial charge in [-0.15, -0.1) is 0 Å². The van der Waals surface area contributed by atoms with Gasteiger partial charge in [0.1, 0.15) is 0 Å². The summed E-state index contributed by atoms with van der Waals surface area (Å²) in [6.07, 6.45) is 0.958. The first-order valence-corrected chi connectivity index (χ1v) is 11.6. The monoisotopic (exact) mass is 455 g/mol. The number of carbonyl (C=O) groups is 2. The number of hydrogen-bond donors (Lipinski definition) is 3. The third-order valence-corrected chi connectivity index (χ3v) is 5.65. The summed E-state index contributed by atoms with van der Waals surface area (Å²) >= 11 is 0. The lowest BCUT2D eigenvalue weighted by Crippen LogP contribution is -2.16. The van der Waals surface area contributed by atoms with Gasteiger partial charge in [-0.05, 0) is 61.8 Å². The second-order valence-electron chi connectivity index (χ2n) is 7.98. The summed E-state index contributed by atoms with van der Waals surface area (Å²) < 4.78 is 5.10. The van der Waals surface area contributed by atoms with Crippen LogP contribution in [0.25, 0.3) is 11.3 Å². The number of nitrogens with one attached hydrogen (secondary N) is 3. The van der Waals surface area contributed by atoms with Crippen molar-refractivity contribution >= 4 is 34.5 Å². The zero-order chi connectivity index (χ0) is 23.9. The lowest BCUT2D eigenvalue weighted by Gasteiger charge is -2.15. The normalized spacial score (nSPS) is 13.8. The van der Waals surface area contributed by atoms with Crippen LogP contribution in [0.1, 0.15) is 40.9 Å². The Morgan fingerprint density at radius 3 is 2.41 bits per heavy atom. The van der Waals surface area contributed by atoms with Crippen molar-refractivity contribution in [3.8, 4) is 0 Å². The first-order chi connectivity index (χ1) is 16.6. The summed E-state index contributed by atoms with van der Waals surface area (Å²) in [5.74, 6) is -0.628. The zero-order valence-corrected chi connectivity index (χ0v) is 19.5. The fraction of sp³-hybridized carbons (Fsp3) is 0.214. The molecule has 1 amide bonds. The van der Waals surface area contributed by atoms with Crippen molar-refractivity contribution in [1.82, 2.24) is 5.32 Å². The van der Waals surface area contributed by atoms with Crippen LogP contribution >= 0.6 is 0 Å². The molecule has 0 radical (unpaired) electrons. The summed E-state index contributed by atoms with van der Waals surface area (Å²) in [6.45, 7) is 6.05. The van der Waals surface area contributed by atoms with E-state index < -0.39 is 5.97 Å². The maximum absolute atomic E-state index is 13.1. The third kappa shape index (κ3) is 5.18. The Labute approximate surface area is 200 Å². The van der Waals surface area contributed by atoms with E-state index in [1.165, 1.54) is 5.56 Å². The van der Waals surface area contributed by atoms with Crippen molar-refractivity contribution in [2.45, 2.75) is 20.3 Å². The van der Waals surface area contributed by atoms with Crippen LogP contribution in [0, 0.1) is 0 Å². The molecule has 0 saturated heterocycles. The molecular formula is C28H29N3O3. The van der Waals surface area contributed by atoms with Gasteiger partial charge in [0.2, 0.25) is 0 Å². The Morgan fingerprint density at radius 2 is 1.71 bits per heavy atom. The minimum atomic E-state index is -0.410. The molecule has 0 unspecified atom stereocenters. The average Bonchev–Trinajstić information content (AvgIpc) is 3.19. The molecule has 0 aromatic heterocycles. The Bertz CT molecular complexity index is 1200. The fourth-order valence-electron chi connectivity index (χ4n) is 3.95. The van der Waals surface area contributed by atoms with E-state index in [9.17, 15) is 9.59 Å². The van der Waals surface area contributed by atoms with Crippen LogP contribution in [0.5, 0.6) is 0 Å². The van der Waals surface area contributed by atoms with Gasteiger partial charge in [-0.2, -0.15) is 0 Å². The fourth-order valence-corrected chi connectivity index (χ4v) is 3.95. The van der Waals surface area contributed by atoms with Gasteiger partial charge in [-0.25, -0.2) is 4.79 Å². The van der Waals surface area contributed by atoms with Crippen molar-refractivity contribution in [3.05, 3.63) is 95.1 Å². The van der Waals surface area contributed by atoms with E-state index in [1.807, 2.05) is 42.5 Å². The molecule has 0 spiro atoms. The van der Waals surface area contributed by atoms with Crippen LogP contribution in [0.2, 0.25) is 0 Å². The second-order valence-corrected chi connectivity index (χ2v) is 7.98. The maximum atomic E-state index is 13.1. The molecule has 3 N–H and O–H groups in total. The van der Waals surface area contributed by atoms with Gasteiger partial charge in [0.05, 0.1) is 29.1 Å². The van der Waals surface area contributed by atoms with Crippen LogP contribution in [0.3, 0.4) is 0 Å². The quantitative estimate of drug-likeness (QED) is 0.242. The van der Waals surface area contributed by atoms with Crippen molar-refractivity contribution in [2.24, 2.45) is 0 Å². The van der Waals surface area contributed by atoms with Gasteiger partial charge >= 0.3 is 5.97 Å². The number of rotatable bonds is 9. The van der Waals surface area contributed by atoms with E-state index in [1.54, 1.807) is 25.1 Å². The SMILES string of the molecule is CCNCCc1ccc(N/C(=C2/C(=O)Nc3cc(C(=O)OCC)ccc32)c2ccccc2)cc1. The zero-order valence-electron chi connectivity index (χ0n) is 19.5. The molecule has 4 rings (SSSR count). The minimum Gasteiger partial charge on any atom is -0.462 e. The van der Waals surface area contributed by atoms with E-state index in [4.69, 9.17) is 4.74 Å². The van der Waals surface area contributed by atoms with Crippen LogP contribution < -0.4 is 16.0 Å². The number of amides is 1. The Kier molecular flexibility index (Phi) is 7.40. The summed E-state index contributed by atoms with van der Waals surface area (Å²) in [5, 5.41) is 9.72. The standard InChI is InChI=1S/C28H29N3O3/c1-3-29-17-16-19-10-13-22(14-11-19)30-26(20-8-6-5-7-9-20)25-23-15-12-21(28(33)34-4-2)18-24(23)31-27(25)32/h5-15,18,29-30H,3-4,16-17H2,1-2H3,(H,31,32)/b26-25+. The lowest BCUT2D eigenvalue weighted by atomic mass is 9.99. The molecule has 1 aliphatic heterocycles. The summed E-state index contributed by atoms with van der Waals surface area (Å²) in [7, 11) is 0. The average molecular weight is 456 g/mol. The predicted octanol–water partition coefficient (Wildman–Crippen LogP) is 4.95. The smallest absolute Gasteiger partial charge is 0.338 e. The van der Waals surface area contributed by atoms with Gasteiger partial charge in [0.15, 0.2) is 0 Å². The minimum absolute atomic E-state index is 0.218. The Morgan fingerprint density at radius 1 is 0.941 bits per heavy atom. The molecule has 174 valence electrons. The second kappa shape index (κ2) is 10.8. The molecule has 0 aliphatic carbocycles. The molecule has 1 aliphatic rings. The topological polar surface area (TPSA) is 79.5 Å². The van der Waals surface area contributed by atoms with E-state index in [0.717, 1.165) is 36.3 Å². The Balaban J connectivity index is 1.70. The lowest BCUT2D eigenvalue weighted by molar-refractivity contribution is -0.110. The molecule has 3 aromatic carbocycles. The molecule has 6 heteroatoms. The number of likely N-dealkylation sites (N-methyl/N-ethyl adjacent to an activating group) is 1. The Hall–Kier alpha value is -3.90. The molecule has 34 heavy (non-hydrogen) atoms. The van der Waals surface area contributed by atoms with Crippen LogP contribution in [0.15, 0.2) is 72.8 Å². The third-order valence-electron chi connectivity index (χ3n) is 5.65. The van der Waals surface area contributed by atoms with Crippen molar-refractivity contribution in [1.29, 1.82) is 0 Å². The van der Waals surface area contributed by atoms with Crippen molar-refractivity contribution in [3.63, 3.8) is 0 Å². The van der Waals surface area contributed by atoms with E-state index >= 15 is 0 Å². The van der Waals surface area contributed by atoms with E-state index in [2.05, 4.69) is 35.0 Å². The van der Waals surface area contributed by atoms with E-state index in [-0.39, 0.29) is 5.91 Å². The highest BCUT2D eigenvalue weighted by atomic mass is 16.5. The van der Waals surface area contributed by atoms with Crippen molar-refractivity contribution < 1.29 is 14.3 Å². The number of benzene rings is 3. The highest BCUT2D eigenvalue weighted by Crippen LogP contribution is 2.38. The van der Waals surface area contributed by atoms with Crippen LogP contribution in [-0.2, 0) is 16.0 Å². The molecule has 1 heterocycles. The summed E-state index contributed by atoms with van der Waals surface area (Å²) in [6, 6.07) is 23.2. The number of anilines is 2. The number of fused-ring (bicyclic) bond motifs is 1. The first-order valence-electron chi connectivity index (χ1n) is 11.6. The highest BCUT2D eigenvalue weighted by Gasteiger charge is 2.29. The first kappa shape index (κ1) is 23.3. The number of esters is 1. The molecule has 0 atom stereocenters. The molecule has 6 nitrogen and oxygen atoms in total. The molecule has 0 bridgehead atoms. The number of carbonyl (C=O) groups excluding carboxylic acids is 2. The predicted molar refractivity (Wildman–Crippen MR) is 137 cm³/mol. The number of hydrogen-bond acceptors (Lipinski definition) is 5. The molecule has 0 saturated carbocycles. The molecule has 0 fully saturated rings. The van der Waals surface area contributed by atoms with Gasteiger partial charge in [0, 0.05) is 11.3 Å². The van der Waals surface area contributed by atoms with E-state index in [0.29, 0.717) is 29.1 Å². The van der Waals surface area contributed by atoms with Gasteiger partial charge < -0.3 is 20.7 Å². The summed E-state index contributed by atoms with van der Waals surface area (Å²) in [5.41, 5.74) is 6.02. The van der Waals surface area contributed by atoms with Crippen molar-refractivity contribution in [2.75, 3.05) is 30.3 Å².